The maximum atomic E-state index is 12.7. The summed E-state index contributed by atoms with van der Waals surface area (Å²) < 4.78 is 0. The number of aryl methyl sites for hydroxylation is 2. The Balaban J connectivity index is 2.03. The SMILES string of the molecule is CC1=C(Cc2ccc(C)cc2)C(=O)c2ncc(C)cc2C1=O. The molecule has 0 fully saturated rings. The molecule has 0 spiro atoms. The monoisotopic (exact) mass is 291 g/mol. The van der Waals surface area contributed by atoms with Gasteiger partial charge in [-0.2, -0.15) is 0 Å². The van der Waals surface area contributed by atoms with E-state index >= 15 is 0 Å². The van der Waals surface area contributed by atoms with Crippen LogP contribution in [0.25, 0.3) is 0 Å². The summed E-state index contributed by atoms with van der Waals surface area (Å²) in [7, 11) is 0. The molecule has 0 N–H and O–H groups in total. The van der Waals surface area contributed by atoms with Crippen molar-refractivity contribution < 1.29 is 9.59 Å². The molecule has 0 aliphatic heterocycles. The van der Waals surface area contributed by atoms with Crippen LogP contribution in [-0.4, -0.2) is 16.6 Å². The van der Waals surface area contributed by atoms with Gasteiger partial charge in [-0.15, -0.1) is 0 Å². The number of hydrogen-bond donors (Lipinski definition) is 0. The average Bonchev–Trinajstić information content (AvgIpc) is 2.51. The van der Waals surface area contributed by atoms with Gasteiger partial charge in [0, 0.05) is 23.8 Å². The number of aromatic nitrogens is 1. The third-order valence-corrected chi connectivity index (χ3v) is 4.05. The van der Waals surface area contributed by atoms with E-state index in [1.807, 2.05) is 38.1 Å². The molecule has 1 aromatic heterocycles. The normalized spacial score (nSPS) is 14.3. The van der Waals surface area contributed by atoms with E-state index in [4.69, 9.17) is 0 Å². The van der Waals surface area contributed by atoms with Crippen LogP contribution in [0.4, 0.5) is 0 Å². The molecule has 1 aliphatic carbocycles. The number of pyridine rings is 1. The number of rotatable bonds is 2. The van der Waals surface area contributed by atoms with Crippen LogP contribution in [-0.2, 0) is 6.42 Å². The quantitative estimate of drug-likeness (QED) is 0.848. The van der Waals surface area contributed by atoms with E-state index < -0.39 is 0 Å². The Labute approximate surface area is 129 Å². The summed E-state index contributed by atoms with van der Waals surface area (Å²) in [5, 5.41) is 0. The molecule has 3 rings (SSSR count). The molecule has 1 aromatic carbocycles. The molecule has 3 nitrogen and oxygen atoms in total. The molecule has 0 bridgehead atoms. The fourth-order valence-corrected chi connectivity index (χ4v) is 2.70. The van der Waals surface area contributed by atoms with E-state index in [9.17, 15) is 9.59 Å². The van der Waals surface area contributed by atoms with Gasteiger partial charge in [-0.1, -0.05) is 29.8 Å². The summed E-state index contributed by atoms with van der Waals surface area (Å²) in [6, 6.07) is 9.75. The predicted octanol–water partition coefficient (Wildman–Crippen LogP) is 3.64. The van der Waals surface area contributed by atoms with Crippen LogP contribution in [0.1, 0.15) is 44.5 Å². The minimum atomic E-state index is -0.132. The number of nitrogens with zero attached hydrogens (tertiary/aromatic N) is 1. The van der Waals surface area contributed by atoms with E-state index in [0.29, 0.717) is 23.1 Å². The van der Waals surface area contributed by atoms with Crippen LogP contribution in [0, 0.1) is 13.8 Å². The van der Waals surface area contributed by atoms with Crippen molar-refractivity contribution in [2.24, 2.45) is 0 Å². The zero-order chi connectivity index (χ0) is 15.9. The van der Waals surface area contributed by atoms with Crippen molar-refractivity contribution in [2.45, 2.75) is 27.2 Å². The summed E-state index contributed by atoms with van der Waals surface area (Å²) in [5.41, 5.74) is 4.87. The molecule has 2 aromatic rings. The Morgan fingerprint density at radius 1 is 0.909 bits per heavy atom. The number of carbonyl (C=O) groups excluding carboxylic acids is 2. The summed E-state index contributed by atoms with van der Waals surface area (Å²) in [4.78, 5) is 29.4. The highest BCUT2D eigenvalue weighted by molar-refractivity contribution is 6.26. The highest BCUT2D eigenvalue weighted by atomic mass is 16.1. The van der Waals surface area contributed by atoms with Gasteiger partial charge in [0.2, 0.25) is 5.78 Å². The topological polar surface area (TPSA) is 47.0 Å². The van der Waals surface area contributed by atoms with Gasteiger partial charge in [-0.3, -0.25) is 14.6 Å². The lowest BCUT2D eigenvalue weighted by molar-refractivity contribution is 0.0969. The Bertz CT molecular complexity index is 814. The average molecular weight is 291 g/mol. The van der Waals surface area contributed by atoms with E-state index in [0.717, 1.165) is 11.1 Å². The van der Waals surface area contributed by atoms with Crippen LogP contribution < -0.4 is 0 Å². The Kier molecular flexibility index (Phi) is 3.49. The van der Waals surface area contributed by atoms with Crippen molar-refractivity contribution >= 4 is 11.6 Å². The molecule has 0 saturated carbocycles. The number of ketones is 2. The Morgan fingerprint density at radius 3 is 2.27 bits per heavy atom. The second-order valence-corrected chi connectivity index (χ2v) is 5.83. The van der Waals surface area contributed by atoms with Crippen LogP contribution in [0.5, 0.6) is 0 Å². The Morgan fingerprint density at radius 2 is 1.59 bits per heavy atom. The zero-order valence-corrected chi connectivity index (χ0v) is 12.9. The first-order chi connectivity index (χ1) is 10.5. The highest BCUT2D eigenvalue weighted by Gasteiger charge is 2.30. The van der Waals surface area contributed by atoms with Gasteiger partial charge in [0.05, 0.1) is 5.56 Å². The Hall–Kier alpha value is -2.55. The van der Waals surface area contributed by atoms with Crippen LogP contribution in [0.2, 0.25) is 0 Å². The first-order valence-electron chi connectivity index (χ1n) is 7.28. The molecule has 1 heterocycles. The van der Waals surface area contributed by atoms with Gasteiger partial charge in [-0.05, 0) is 38.0 Å². The number of carbonyl (C=O) groups is 2. The second kappa shape index (κ2) is 5.34. The number of fused-ring (bicyclic) bond motifs is 1. The van der Waals surface area contributed by atoms with E-state index in [1.54, 1.807) is 19.2 Å². The van der Waals surface area contributed by atoms with Crippen LogP contribution in [0.15, 0.2) is 47.7 Å². The minimum absolute atomic E-state index is 0.0899. The van der Waals surface area contributed by atoms with Gasteiger partial charge in [0.15, 0.2) is 5.78 Å². The standard InChI is InChI=1S/C19H17NO2/c1-11-4-6-14(7-5-11)9-15-13(3)18(21)16-8-12(2)10-20-17(16)19(15)22/h4-8,10H,9H2,1-3H3. The molecule has 0 saturated heterocycles. The largest absolute Gasteiger partial charge is 0.289 e. The summed E-state index contributed by atoms with van der Waals surface area (Å²) in [6.07, 6.45) is 2.10. The second-order valence-electron chi connectivity index (χ2n) is 5.83. The van der Waals surface area contributed by atoms with E-state index in [2.05, 4.69) is 4.98 Å². The first kappa shape index (κ1) is 14.4. The summed E-state index contributed by atoms with van der Waals surface area (Å²) in [6.45, 7) is 5.62. The molecule has 22 heavy (non-hydrogen) atoms. The molecular weight excluding hydrogens is 274 g/mol. The van der Waals surface area contributed by atoms with Crippen molar-refractivity contribution in [3.8, 4) is 0 Å². The van der Waals surface area contributed by atoms with Crippen LogP contribution in [0.3, 0.4) is 0 Å². The fraction of sp³-hybridized carbons (Fsp3) is 0.211. The fourth-order valence-electron chi connectivity index (χ4n) is 2.70. The molecule has 0 amide bonds. The molecule has 0 unspecified atom stereocenters. The van der Waals surface area contributed by atoms with Gasteiger partial charge in [0.1, 0.15) is 5.69 Å². The lowest BCUT2D eigenvalue weighted by atomic mass is 9.84. The van der Waals surface area contributed by atoms with E-state index in [-0.39, 0.29) is 17.3 Å². The van der Waals surface area contributed by atoms with Gasteiger partial charge in [-0.25, -0.2) is 0 Å². The maximum Gasteiger partial charge on any atom is 0.208 e. The predicted molar refractivity (Wildman–Crippen MR) is 85.2 cm³/mol. The summed E-state index contributed by atoms with van der Waals surface area (Å²) >= 11 is 0. The maximum absolute atomic E-state index is 12.7. The van der Waals surface area contributed by atoms with Crippen molar-refractivity contribution in [1.82, 2.24) is 4.98 Å². The highest BCUT2D eigenvalue weighted by Crippen LogP contribution is 2.27. The van der Waals surface area contributed by atoms with Crippen molar-refractivity contribution in [2.75, 3.05) is 0 Å². The van der Waals surface area contributed by atoms with Gasteiger partial charge < -0.3 is 0 Å². The van der Waals surface area contributed by atoms with Crippen molar-refractivity contribution in [1.29, 1.82) is 0 Å². The smallest absolute Gasteiger partial charge is 0.208 e. The molecule has 1 aliphatic rings. The molecule has 0 atom stereocenters. The zero-order valence-electron chi connectivity index (χ0n) is 12.9. The molecule has 0 radical (unpaired) electrons. The summed E-state index contributed by atoms with van der Waals surface area (Å²) in [5.74, 6) is -0.222. The molecule has 3 heteroatoms. The number of Topliss-reactive ketones (excluding diaryl/α,β-unsaturated/α-hetero) is 2. The first-order valence-corrected chi connectivity index (χ1v) is 7.28. The van der Waals surface area contributed by atoms with Crippen LogP contribution >= 0.6 is 0 Å². The number of hydrogen-bond acceptors (Lipinski definition) is 3. The third-order valence-electron chi connectivity index (χ3n) is 4.05. The molecular formula is C19H17NO2. The minimum Gasteiger partial charge on any atom is -0.289 e. The van der Waals surface area contributed by atoms with Crippen molar-refractivity contribution in [3.05, 3.63) is 75.6 Å². The molecule has 110 valence electrons. The van der Waals surface area contributed by atoms with E-state index in [1.165, 1.54) is 5.56 Å². The third kappa shape index (κ3) is 2.39. The number of allylic oxidation sites excluding steroid dienone is 2. The van der Waals surface area contributed by atoms with Gasteiger partial charge >= 0.3 is 0 Å². The number of benzene rings is 1. The lowest BCUT2D eigenvalue weighted by Gasteiger charge is -2.18. The lowest BCUT2D eigenvalue weighted by Crippen LogP contribution is -2.23. The van der Waals surface area contributed by atoms with Gasteiger partial charge in [0.25, 0.3) is 0 Å². The van der Waals surface area contributed by atoms with Crippen molar-refractivity contribution in [3.63, 3.8) is 0 Å².